The number of amides is 1. The van der Waals surface area contributed by atoms with E-state index in [9.17, 15) is 23.1 Å². The molecule has 0 aliphatic carbocycles. The van der Waals surface area contributed by atoms with Gasteiger partial charge in [-0.15, -0.1) is 0 Å². The molecule has 2 rings (SSSR count). The molecule has 0 bridgehead atoms. The average molecular weight is 368 g/mol. The lowest BCUT2D eigenvalue weighted by Gasteiger charge is -2.29. The number of rotatable bonds is 7. The van der Waals surface area contributed by atoms with Crippen molar-refractivity contribution in [3.63, 3.8) is 0 Å². The van der Waals surface area contributed by atoms with Crippen LogP contribution >= 0.6 is 0 Å². The summed E-state index contributed by atoms with van der Waals surface area (Å²) in [7, 11) is -3.43. The van der Waals surface area contributed by atoms with Crippen LogP contribution in [0.5, 0.6) is 0 Å². The number of benzene rings is 1. The number of hydrogen-bond donors (Lipinski definition) is 2. The molecule has 8 heteroatoms. The zero-order valence-electron chi connectivity index (χ0n) is 14.4. The molecule has 25 heavy (non-hydrogen) atoms. The number of aliphatic carboxylic acids is 1. The van der Waals surface area contributed by atoms with Gasteiger partial charge < -0.3 is 10.4 Å². The Kier molecular flexibility index (Phi) is 6.18. The highest BCUT2D eigenvalue weighted by molar-refractivity contribution is 7.89. The molecule has 0 aromatic heterocycles. The number of carboxylic acids is 1. The molecule has 0 spiro atoms. The molecule has 2 atom stereocenters. The summed E-state index contributed by atoms with van der Waals surface area (Å²) in [5.41, 5.74) is 0.588. The summed E-state index contributed by atoms with van der Waals surface area (Å²) in [5.74, 6) is -2.55. The predicted octanol–water partition coefficient (Wildman–Crippen LogP) is 1.03. The Morgan fingerprint density at radius 1 is 1.24 bits per heavy atom. The number of hydrogen-bond acceptors (Lipinski definition) is 4. The molecule has 1 fully saturated rings. The Hall–Kier alpha value is -1.93. The lowest BCUT2D eigenvalue weighted by Crippen LogP contribution is -2.51. The summed E-state index contributed by atoms with van der Waals surface area (Å²) in [6.45, 7) is 3.79. The lowest BCUT2D eigenvalue weighted by molar-refractivity contribution is -0.138. The van der Waals surface area contributed by atoms with Crippen molar-refractivity contribution in [2.24, 2.45) is 5.92 Å². The summed E-state index contributed by atoms with van der Waals surface area (Å²) in [6.07, 6.45) is 0.501. The third-order valence-corrected chi connectivity index (χ3v) is 6.26. The van der Waals surface area contributed by atoms with Crippen LogP contribution in [0.15, 0.2) is 30.3 Å². The van der Waals surface area contributed by atoms with Crippen LogP contribution in [0.2, 0.25) is 0 Å². The van der Waals surface area contributed by atoms with Gasteiger partial charge in [-0.05, 0) is 17.9 Å². The predicted molar refractivity (Wildman–Crippen MR) is 93.6 cm³/mol. The molecule has 1 aliphatic heterocycles. The van der Waals surface area contributed by atoms with Gasteiger partial charge in [0.1, 0.15) is 6.04 Å². The van der Waals surface area contributed by atoms with Gasteiger partial charge in [-0.1, -0.05) is 44.2 Å². The van der Waals surface area contributed by atoms with E-state index in [1.165, 1.54) is 4.31 Å². The monoisotopic (exact) mass is 368 g/mol. The molecule has 138 valence electrons. The summed E-state index contributed by atoms with van der Waals surface area (Å²) < 4.78 is 25.5. The van der Waals surface area contributed by atoms with Crippen molar-refractivity contribution in [3.05, 3.63) is 35.9 Å². The second-order valence-corrected chi connectivity index (χ2v) is 8.56. The summed E-state index contributed by atoms with van der Waals surface area (Å²) >= 11 is 0. The van der Waals surface area contributed by atoms with Gasteiger partial charge in [0.2, 0.25) is 15.9 Å². The zero-order valence-corrected chi connectivity index (χ0v) is 15.2. The molecule has 1 aromatic rings. The maximum atomic E-state index is 12.6. The quantitative estimate of drug-likeness (QED) is 0.748. The average Bonchev–Trinajstić information content (AvgIpc) is 2.87. The fraction of sp³-hybridized carbons (Fsp3) is 0.529. The molecule has 1 heterocycles. The van der Waals surface area contributed by atoms with Crippen LogP contribution in [0.1, 0.15) is 31.7 Å². The molecule has 1 saturated heterocycles. The highest BCUT2D eigenvalue weighted by atomic mass is 32.2. The number of nitrogens with one attached hydrogen (secondary N) is 1. The fourth-order valence-corrected chi connectivity index (χ4v) is 4.90. The van der Waals surface area contributed by atoms with Crippen molar-refractivity contribution in [1.29, 1.82) is 0 Å². The van der Waals surface area contributed by atoms with E-state index in [0.717, 1.165) is 0 Å². The second-order valence-electron chi connectivity index (χ2n) is 6.52. The number of nitrogens with zero attached hydrogens (tertiary/aromatic N) is 1. The molecule has 7 nitrogen and oxygen atoms in total. The van der Waals surface area contributed by atoms with Crippen LogP contribution in [-0.2, 0) is 19.6 Å². The van der Waals surface area contributed by atoms with Crippen LogP contribution < -0.4 is 5.32 Å². The van der Waals surface area contributed by atoms with E-state index in [1.54, 1.807) is 44.2 Å². The van der Waals surface area contributed by atoms with Gasteiger partial charge in [-0.3, -0.25) is 9.59 Å². The standard InChI is InChI=1S/C17H24N2O5S/c1-12(2)15(19-9-6-10-25(19,23)24)16(20)18-11-14(17(21)22)13-7-4-3-5-8-13/h3-5,7-8,12,14-15H,6,9-11H2,1-2H3,(H,18,20)(H,21,22). The van der Waals surface area contributed by atoms with E-state index in [4.69, 9.17) is 0 Å². The van der Waals surface area contributed by atoms with E-state index in [1.807, 2.05) is 0 Å². The van der Waals surface area contributed by atoms with Crippen LogP contribution in [0.4, 0.5) is 0 Å². The van der Waals surface area contributed by atoms with Crippen LogP contribution in [-0.4, -0.2) is 54.6 Å². The Morgan fingerprint density at radius 3 is 2.36 bits per heavy atom. The Balaban J connectivity index is 2.12. The zero-order chi connectivity index (χ0) is 18.6. The van der Waals surface area contributed by atoms with Crippen molar-refractivity contribution in [2.45, 2.75) is 32.2 Å². The Bertz CT molecular complexity index is 718. The largest absolute Gasteiger partial charge is 0.481 e. The first kappa shape index (κ1) is 19.4. The minimum atomic E-state index is -3.43. The van der Waals surface area contributed by atoms with Crippen molar-refractivity contribution in [2.75, 3.05) is 18.8 Å². The molecule has 2 unspecified atom stereocenters. The minimum Gasteiger partial charge on any atom is -0.481 e. The molecule has 1 amide bonds. The molecule has 0 radical (unpaired) electrons. The van der Waals surface area contributed by atoms with E-state index in [0.29, 0.717) is 18.5 Å². The van der Waals surface area contributed by atoms with Crippen LogP contribution in [0, 0.1) is 5.92 Å². The van der Waals surface area contributed by atoms with Gasteiger partial charge >= 0.3 is 5.97 Å². The van der Waals surface area contributed by atoms with Crippen molar-refractivity contribution >= 4 is 21.9 Å². The van der Waals surface area contributed by atoms with Gasteiger partial charge in [-0.2, -0.15) is 4.31 Å². The van der Waals surface area contributed by atoms with E-state index in [-0.39, 0.29) is 18.2 Å². The minimum absolute atomic E-state index is 0.0469. The first-order valence-electron chi connectivity index (χ1n) is 8.29. The highest BCUT2D eigenvalue weighted by Gasteiger charge is 2.40. The Labute approximate surface area is 148 Å². The SMILES string of the molecule is CC(C)C(C(=O)NCC(C(=O)O)c1ccccc1)N1CCCS1(=O)=O. The molecule has 2 N–H and O–H groups in total. The highest BCUT2D eigenvalue weighted by Crippen LogP contribution is 2.22. The third-order valence-electron chi connectivity index (χ3n) is 4.33. The normalized spacial score (nSPS) is 19.5. The first-order valence-corrected chi connectivity index (χ1v) is 9.90. The maximum absolute atomic E-state index is 12.6. The first-order chi connectivity index (χ1) is 11.7. The second kappa shape index (κ2) is 7.97. The van der Waals surface area contributed by atoms with E-state index < -0.39 is 33.9 Å². The van der Waals surface area contributed by atoms with Crippen LogP contribution in [0.25, 0.3) is 0 Å². The van der Waals surface area contributed by atoms with Gasteiger partial charge in [-0.25, -0.2) is 8.42 Å². The van der Waals surface area contributed by atoms with Gasteiger partial charge in [0.05, 0.1) is 11.7 Å². The smallest absolute Gasteiger partial charge is 0.312 e. The van der Waals surface area contributed by atoms with Crippen LogP contribution in [0.3, 0.4) is 0 Å². The topological polar surface area (TPSA) is 104 Å². The van der Waals surface area contributed by atoms with Gasteiger partial charge in [0.25, 0.3) is 0 Å². The molecular formula is C17H24N2O5S. The van der Waals surface area contributed by atoms with E-state index >= 15 is 0 Å². The van der Waals surface area contributed by atoms with Gasteiger partial charge in [0, 0.05) is 13.1 Å². The molecule has 1 aromatic carbocycles. The van der Waals surface area contributed by atoms with Crippen molar-refractivity contribution in [3.8, 4) is 0 Å². The maximum Gasteiger partial charge on any atom is 0.312 e. The number of carbonyl (C=O) groups excluding carboxylic acids is 1. The fourth-order valence-electron chi connectivity index (χ4n) is 3.08. The number of carboxylic acid groups (broad SMARTS) is 1. The summed E-state index contributed by atoms with van der Waals surface area (Å²) in [4.78, 5) is 24.1. The van der Waals surface area contributed by atoms with Crippen molar-refractivity contribution < 1.29 is 23.1 Å². The van der Waals surface area contributed by atoms with Gasteiger partial charge in [0.15, 0.2) is 0 Å². The molecule has 0 saturated carbocycles. The summed E-state index contributed by atoms with van der Waals surface area (Å²) in [5, 5.41) is 12.1. The molecule has 1 aliphatic rings. The third kappa shape index (κ3) is 4.58. The lowest BCUT2D eigenvalue weighted by atomic mass is 9.98. The van der Waals surface area contributed by atoms with E-state index in [2.05, 4.69) is 5.32 Å². The Morgan fingerprint density at radius 2 is 1.88 bits per heavy atom. The molecular weight excluding hydrogens is 344 g/mol. The summed E-state index contributed by atoms with van der Waals surface area (Å²) in [6, 6.07) is 7.82. The number of sulfonamides is 1. The van der Waals surface area contributed by atoms with Crippen molar-refractivity contribution in [1.82, 2.24) is 9.62 Å². The number of carbonyl (C=O) groups is 2.